The minimum atomic E-state index is 0.875. The van der Waals surface area contributed by atoms with Crippen LogP contribution in [0.1, 0.15) is 52.4 Å². The third-order valence-electron chi connectivity index (χ3n) is 3.50. The monoisotopic (exact) mass is 183 g/mol. The van der Waals surface area contributed by atoms with E-state index in [1.807, 2.05) is 0 Å². The molecule has 1 fully saturated rings. The molecule has 13 heavy (non-hydrogen) atoms. The summed E-state index contributed by atoms with van der Waals surface area (Å²) < 4.78 is 0. The normalized spacial score (nSPS) is 30.7. The van der Waals surface area contributed by atoms with Crippen molar-refractivity contribution < 1.29 is 0 Å². The maximum absolute atomic E-state index is 2.57. The summed E-state index contributed by atoms with van der Waals surface area (Å²) in [5, 5.41) is 0. The van der Waals surface area contributed by atoms with Gasteiger partial charge in [0.2, 0.25) is 0 Å². The van der Waals surface area contributed by atoms with Gasteiger partial charge in [-0.05, 0) is 38.8 Å². The number of unbranched alkanes of at least 4 members (excludes halogenated alkanes) is 2. The molecule has 1 heterocycles. The first-order valence-corrected chi connectivity index (χ1v) is 5.96. The Bertz CT molecular complexity index is 123. The summed E-state index contributed by atoms with van der Waals surface area (Å²) in [6, 6.07) is 0.875. The standard InChI is InChI=1S/C12H25N/c1-4-5-6-9-12-11(2)8-7-10-13(12)3/h11-12H,4-10H2,1-3H3. The van der Waals surface area contributed by atoms with Gasteiger partial charge in [-0.25, -0.2) is 0 Å². The molecule has 1 saturated heterocycles. The van der Waals surface area contributed by atoms with Crippen LogP contribution < -0.4 is 0 Å². The second-order valence-corrected chi connectivity index (χ2v) is 4.66. The third-order valence-corrected chi connectivity index (χ3v) is 3.50. The molecule has 1 aliphatic rings. The molecule has 1 nitrogen and oxygen atoms in total. The molecule has 1 aliphatic heterocycles. The first-order valence-electron chi connectivity index (χ1n) is 5.96. The summed E-state index contributed by atoms with van der Waals surface area (Å²) in [7, 11) is 2.30. The predicted octanol–water partition coefficient (Wildman–Crippen LogP) is 3.30. The Kier molecular flexibility index (Phi) is 4.79. The lowest BCUT2D eigenvalue weighted by molar-refractivity contribution is 0.120. The smallest absolute Gasteiger partial charge is 0.0118 e. The lowest BCUT2D eigenvalue weighted by atomic mass is 9.88. The van der Waals surface area contributed by atoms with Crippen LogP contribution in [0.25, 0.3) is 0 Å². The fourth-order valence-corrected chi connectivity index (χ4v) is 2.56. The molecule has 0 bridgehead atoms. The molecule has 0 spiro atoms. The van der Waals surface area contributed by atoms with E-state index in [-0.39, 0.29) is 0 Å². The molecular formula is C12H25N. The zero-order chi connectivity index (χ0) is 9.68. The summed E-state index contributed by atoms with van der Waals surface area (Å²) in [5.41, 5.74) is 0. The van der Waals surface area contributed by atoms with E-state index in [0.29, 0.717) is 0 Å². The number of piperidine rings is 1. The molecule has 2 unspecified atom stereocenters. The van der Waals surface area contributed by atoms with Crippen molar-refractivity contribution >= 4 is 0 Å². The van der Waals surface area contributed by atoms with Gasteiger partial charge in [0, 0.05) is 6.04 Å². The van der Waals surface area contributed by atoms with E-state index in [1.54, 1.807) is 0 Å². The SMILES string of the molecule is CCCCCC1C(C)CCCN1C. The highest BCUT2D eigenvalue weighted by Gasteiger charge is 2.24. The van der Waals surface area contributed by atoms with Crippen LogP contribution in [-0.2, 0) is 0 Å². The van der Waals surface area contributed by atoms with Crippen LogP contribution in [-0.4, -0.2) is 24.5 Å². The van der Waals surface area contributed by atoms with Gasteiger partial charge in [0.15, 0.2) is 0 Å². The van der Waals surface area contributed by atoms with Gasteiger partial charge in [0.05, 0.1) is 0 Å². The van der Waals surface area contributed by atoms with Crippen LogP contribution >= 0.6 is 0 Å². The molecule has 0 radical (unpaired) electrons. The largest absolute Gasteiger partial charge is 0.303 e. The van der Waals surface area contributed by atoms with E-state index in [1.165, 1.54) is 45.1 Å². The van der Waals surface area contributed by atoms with Crippen LogP contribution in [0.5, 0.6) is 0 Å². The van der Waals surface area contributed by atoms with E-state index in [4.69, 9.17) is 0 Å². The molecule has 0 aromatic rings. The zero-order valence-corrected chi connectivity index (χ0v) is 9.55. The topological polar surface area (TPSA) is 3.24 Å². The van der Waals surface area contributed by atoms with Crippen molar-refractivity contribution in [2.75, 3.05) is 13.6 Å². The number of nitrogens with zero attached hydrogens (tertiary/aromatic N) is 1. The summed E-state index contributed by atoms with van der Waals surface area (Å²) in [4.78, 5) is 2.57. The van der Waals surface area contributed by atoms with Gasteiger partial charge < -0.3 is 4.90 Å². The first kappa shape index (κ1) is 11.0. The molecule has 0 aromatic carbocycles. The highest BCUT2D eigenvalue weighted by Crippen LogP contribution is 2.25. The van der Waals surface area contributed by atoms with Crippen molar-refractivity contribution in [1.29, 1.82) is 0 Å². The molecular weight excluding hydrogens is 158 g/mol. The molecule has 2 atom stereocenters. The van der Waals surface area contributed by atoms with Gasteiger partial charge >= 0.3 is 0 Å². The molecule has 0 amide bonds. The third kappa shape index (κ3) is 3.30. The van der Waals surface area contributed by atoms with Crippen LogP contribution in [0.2, 0.25) is 0 Å². The maximum Gasteiger partial charge on any atom is 0.0118 e. The quantitative estimate of drug-likeness (QED) is 0.604. The minimum Gasteiger partial charge on any atom is -0.303 e. The van der Waals surface area contributed by atoms with E-state index < -0.39 is 0 Å². The second kappa shape index (κ2) is 5.64. The lowest BCUT2D eigenvalue weighted by Crippen LogP contribution is -2.41. The van der Waals surface area contributed by atoms with Crippen molar-refractivity contribution in [3.05, 3.63) is 0 Å². The first-order chi connectivity index (χ1) is 6.25. The van der Waals surface area contributed by atoms with Crippen molar-refractivity contribution in [2.24, 2.45) is 5.92 Å². The molecule has 0 N–H and O–H groups in total. The number of hydrogen-bond donors (Lipinski definition) is 0. The summed E-state index contributed by atoms with van der Waals surface area (Å²) >= 11 is 0. The van der Waals surface area contributed by atoms with Crippen LogP contribution in [0, 0.1) is 5.92 Å². The average Bonchev–Trinajstić information content (AvgIpc) is 2.10. The van der Waals surface area contributed by atoms with Gasteiger partial charge in [-0.15, -0.1) is 0 Å². The molecule has 0 aliphatic carbocycles. The number of likely N-dealkylation sites (tertiary alicyclic amines) is 1. The number of hydrogen-bond acceptors (Lipinski definition) is 1. The molecule has 1 rings (SSSR count). The van der Waals surface area contributed by atoms with E-state index >= 15 is 0 Å². The van der Waals surface area contributed by atoms with Crippen LogP contribution in [0.15, 0.2) is 0 Å². The van der Waals surface area contributed by atoms with Crippen molar-refractivity contribution in [3.8, 4) is 0 Å². The fourth-order valence-electron chi connectivity index (χ4n) is 2.56. The minimum absolute atomic E-state index is 0.875. The summed E-state index contributed by atoms with van der Waals surface area (Å²) in [5.74, 6) is 0.926. The Labute approximate surface area is 83.5 Å². The zero-order valence-electron chi connectivity index (χ0n) is 9.55. The summed E-state index contributed by atoms with van der Waals surface area (Å²) in [6.45, 7) is 6.03. The highest BCUT2D eigenvalue weighted by atomic mass is 15.1. The lowest BCUT2D eigenvalue weighted by Gasteiger charge is -2.37. The molecule has 78 valence electrons. The van der Waals surface area contributed by atoms with Crippen molar-refractivity contribution in [2.45, 2.75) is 58.4 Å². The van der Waals surface area contributed by atoms with Crippen LogP contribution in [0.3, 0.4) is 0 Å². The Hall–Kier alpha value is -0.0400. The van der Waals surface area contributed by atoms with Crippen molar-refractivity contribution in [1.82, 2.24) is 4.90 Å². The molecule has 0 saturated carbocycles. The Morgan fingerprint density at radius 1 is 1.31 bits per heavy atom. The highest BCUT2D eigenvalue weighted by molar-refractivity contribution is 4.79. The average molecular weight is 183 g/mol. The number of rotatable bonds is 4. The maximum atomic E-state index is 2.57. The van der Waals surface area contributed by atoms with Gasteiger partial charge in [-0.3, -0.25) is 0 Å². The van der Waals surface area contributed by atoms with Gasteiger partial charge in [0.25, 0.3) is 0 Å². The van der Waals surface area contributed by atoms with Gasteiger partial charge in [-0.2, -0.15) is 0 Å². The van der Waals surface area contributed by atoms with Gasteiger partial charge in [-0.1, -0.05) is 33.1 Å². The van der Waals surface area contributed by atoms with Gasteiger partial charge in [0.1, 0.15) is 0 Å². The Morgan fingerprint density at radius 3 is 2.69 bits per heavy atom. The molecule has 1 heteroatoms. The van der Waals surface area contributed by atoms with E-state index in [9.17, 15) is 0 Å². The fraction of sp³-hybridized carbons (Fsp3) is 1.00. The van der Waals surface area contributed by atoms with E-state index in [0.717, 1.165) is 12.0 Å². The van der Waals surface area contributed by atoms with Crippen molar-refractivity contribution in [3.63, 3.8) is 0 Å². The Balaban J connectivity index is 2.26. The summed E-state index contributed by atoms with van der Waals surface area (Å²) in [6.07, 6.45) is 8.46. The second-order valence-electron chi connectivity index (χ2n) is 4.66. The van der Waals surface area contributed by atoms with E-state index in [2.05, 4.69) is 25.8 Å². The Morgan fingerprint density at radius 2 is 2.08 bits per heavy atom. The molecule has 0 aromatic heterocycles. The van der Waals surface area contributed by atoms with Crippen LogP contribution in [0.4, 0.5) is 0 Å². The predicted molar refractivity (Wildman–Crippen MR) is 59.0 cm³/mol.